The van der Waals surface area contributed by atoms with Crippen molar-refractivity contribution in [3.63, 3.8) is 0 Å². The molecule has 18 heavy (non-hydrogen) atoms. The number of anilines is 1. The SMILES string of the molecule is C=CCn1ncc(NC(CC)C(C)C)c(Cl)c1=O. The van der Waals surface area contributed by atoms with Gasteiger partial charge in [-0.1, -0.05) is 38.4 Å². The van der Waals surface area contributed by atoms with Gasteiger partial charge in [0.1, 0.15) is 5.02 Å². The second-order valence-corrected chi connectivity index (χ2v) is 4.93. The van der Waals surface area contributed by atoms with E-state index in [1.165, 1.54) is 4.68 Å². The molecule has 0 fully saturated rings. The first-order valence-corrected chi connectivity index (χ1v) is 6.52. The summed E-state index contributed by atoms with van der Waals surface area (Å²) in [7, 11) is 0. The first-order valence-electron chi connectivity index (χ1n) is 6.14. The van der Waals surface area contributed by atoms with Crippen molar-refractivity contribution in [2.24, 2.45) is 5.92 Å². The van der Waals surface area contributed by atoms with Gasteiger partial charge in [0.05, 0.1) is 18.4 Å². The molecule has 1 heterocycles. The molecule has 1 N–H and O–H groups in total. The van der Waals surface area contributed by atoms with Crippen LogP contribution in [0.3, 0.4) is 0 Å². The monoisotopic (exact) mass is 269 g/mol. The molecule has 1 aromatic heterocycles. The van der Waals surface area contributed by atoms with Crippen molar-refractivity contribution in [3.05, 3.63) is 34.2 Å². The molecule has 0 aliphatic carbocycles. The lowest BCUT2D eigenvalue weighted by Crippen LogP contribution is -2.28. The van der Waals surface area contributed by atoms with Crippen LogP contribution in [-0.2, 0) is 6.54 Å². The Morgan fingerprint density at radius 3 is 2.78 bits per heavy atom. The smallest absolute Gasteiger partial charge is 0.287 e. The third-order valence-electron chi connectivity index (χ3n) is 2.87. The van der Waals surface area contributed by atoms with Crippen LogP contribution < -0.4 is 10.9 Å². The van der Waals surface area contributed by atoms with Gasteiger partial charge in [0.2, 0.25) is 0 Å². The Balaban J connectivity index is 3.01. The fourth-order valence-corrected chi connectivity index (χ4v) is 1.96. The largest absolute Gasteiger partial charge is 0.379 e. The van der Waals surface area contributed by atoms with Crippen LogP contribution in [0, 0.1) is 5.92 Å². The van der Waals surface area contributed by atoms with Crippen LogP contribution >= 0.6 is 11.6 Å². The summed E-state index contributed by atoms with van der Waals surface area (Å²) in [6.45, 7) is 10.3. The van der Waals surface area contributed by atoms with E-state index in [0.717, 1.165) is 6.42 Å². The highest BCUT2D eigenvalue weighted by atomic mass is 35.5. The lowest BCUT2D eigenvalue weighted by atomic mass is 10.0. The molecule has 0 saturated carbocycles. The van der Waals surface area contributed by atoms with E-state index in [2.05, 4.69) is 37.8 Å². The number of hydrogen-bond acceptors (Lipinski definition) is 3. The van der Waals surface area contributed by atoms with Crippen LogP contribution in [-0.4, -0.2) is 15.8 Å². The van der Waals surface area contributed by atoms with E-state index in [9.17, 15) is 4.79 Å². The molecule has 1 aromatic rings. The van der Waals surface area contributed by atoms with Crippen LogP contribution in [0.1, 0.15) is 27.2 Å². The van der Waals surface area contributed by atoms with Crippen molar-refractivity contribution in [1.29, 1.82) is 0 Å². The van der Waals surface area contributed by atoms with Crippen LogP contribution in [0.5, 0.6) is 0 Å². The second kappa shape index (κ2) is 6.59. The number of rotatable bonds is 6. The van der Waals surface area contributed by atoms with E-state index in [-0.39, 0.29) is 16.6 Å². The molecule has 0 aliphatic heterocycles. The summed E-state index contributed by atoms with van der Waals surface area (Å²) in [6, 6.07) is 0.277. The summed E-state index contributed by atoms with van der Waals surface area (Å²) in [5, 5.41) is 7.52. The Morgan fingerprint density at radius 2 is 2.28 bits per heavy atom. The van der Waals surface area contributed by atoms with E-state index >= 15 is 0 Å². The summed E-state index contributed by atoms with van der Waals surface area (Å²) in [5.74, 6) is 0.460. The van der Waals surface area contributed by atoms with E-state index in [4.69, 9.17) is 11.6 Å². The average molecular weight is 270 g/mol. The minimum atomic E-state index is -0.292. The summed E-state index contributed by atoms with van der Waals surface area (Å²) >= 11 is 6.07. The van der Waals surface area contributed by atoms with Crippen LogP contribution in [0.25, 0.3) is 0 Å². The van der Waals surface area contributed by atoms with Crippen molar-refractivity contribution in [3.8, 4) is 0 Å². The van der Waals surface area contributed by atoms with Crippen molar-refractivity contribution in [2.45, 2.75) is 39.8 Å². The Morgan fingerprint density at radius 1 is 1.61 bits per heavy atom. The van der Waals surface area contributed by atoms with Gasteiger partial charge in [0, 0.05) is 6.04 Å². The molecule has 0 aliphatic rings. The molecule has 0 amide bonds. The number of aromatic nitrogens is 2. The normalized spacial score (nSPS) is 12.5. The zero-order valence-corrected chi connectivity index (χ0v) is 11.9. The minimum Gasteiger partial charge on any atom is -0.379 e. The number of hydrogen-bond donors (Lipinski definition) is 1. The van der Waals surface area contributed by atoms with Crippen molar-refractivity contribution in [1.82, 2.24) is 9.78 Å². The van der Waals surface area contributed by atoms with E-state index in [1.54, 1.807) is 12.3 Å². The zero-order valence-electron chi connectivity index (χ0n) is 11.1. The molecule has 0 saturated heterocycles. The molecule has 5 heteroatoms. The molecule has 100 valence electrons. The first kappa shape index (κ1) is 14.8. The number of allylic oxidation sites excluding steroid dienone is 1. The van der Waals surface area contributed by atoms with Gasteiger partial charge < -0.3 is 5.32 Å². The molecular weight excluding hydrogens is 250 g/mol. The fourth-order valence-electron chi connectivity index (χ4n) is 1.76. The summed E-state index contributed by atoms with van der Waals surface area (Å²) in [4.78, 5) is 11.9. The first-order chi connectivity index (χ1) is 8.51. The standard InChI is InChI=1S/C13H20ClN3O/c1-5-7-17-13(18)12(14)11(8-15-17)16-10(6-2)9(3)4/h5,8-10,16H,1,6-7H2,2-4H3. The summed E-state index contributed by atoms with van der Waals surface area (Å²) < 4.78 is 1.29. The van der Waals surface area contributed by atoms with Gasteiger partial charge >= 0.3 is 0 Å². The molecule has 1 rings (SSSR count). The molecular formula is C13H20ClN3O. The third kappa shape index (κ3) is 3.35. The van der Waals surface area contributed by atoms with E-state index in [0.29, 0.717) is 18.2 Å². The van der Waals surface area contributed by atoms with Gasteiger partial charge in [-0.15, -0.1) is 6.58 Å². The predicted octanol–water partition coefficient (Wildman–Crippen LogP) is 2.93. The summed E-state index contributed by atoms with van der Waals surface area (Å²) in [5.41, 5.74) is 0.308. The van der Waals surface area contributed by atoms with E-state index in [1.807, 2.05) is 0 Å². The Bertz CT molecular complexity index is 468. The maximum atomic E-state index is 11.9. The second-order valence-electron chi connectivity index (χ2n) is 4.55. The van der Waals surface area contributed by atoms with Crippen LogP contribution in [0.15, 0.2) is 23.6 Å². The topological polar surface area (TPSA) is 46.9 Å². The van der Waals surface area contributed by atoms with Crippen molar-refractivity contribution in [2.75, 3.05) is 5.32 Å². The minimum absolute atomic E-state index is 0.186. The Labute approximate surface area is 113 Å². The molecule has 0 aromatic carbocycles. The van der Waals surface area contributed by atoms with Crippen LogP contribution in [0.2, 0.25) is 5.02 Å². The van der Waals surface area contributed by atoms with Gasteiger partial charge in [0.25, 0.3) is 5.56 Å². The Kier molecular flexibility index (Phi) is 5.41. The van der Waals surface area contributed by atoms with Gasteiger partial charge in [-0.05, 0) is 12.3 Å². The lowest BCUT2D eigenvalue weighted by molar-refractivity contribution is 0.510. The average Bonchev–Trinajstić information content (AvgIpc) is 2.34. The predicted molar refractivity (Wildman–Crippen MR) is 76.2 cm³/mol. The Hall–Kier alpha value is -1.29. The molecule has 0 spiro atoms. The van der Waals surface area contributed by atoms with Crippen molar-refractivity contribution < 1.29 is 0 Å². The van der Waals surface area contributed by atoms with Gasteiger partial charge in [-0.2, -0.15) is 5.10 Å². The lowest BCUT2D eigenvalue weighted by Gasteiger charge is -2.22. The highest BCUT2D eigenvalue weighted by Crippen LogP contribution is 2.19. The zero-order chi connectivity index (χ0) is 13.7. The summed E-state index contributed by atoms with van der Waals surface area (Å²) in [6.07, 6.45) is 4.17. The number of nitrogens with one attached hydrogen (secondary N) is 1. The van der Waals surface area contributed by atoms with Crippen molar-refractivity contribution >= 4 is 17.3 Å². The van der Waals surface area contributed by atoms with Crippen LogP contribution in [0.4, 0.5) is 5.69 Å². The molecule has 4 nitrogen and oxygen atoms in total. The van der Waals surface area contributed by atoms with E-state index < -0.39 is 0 Å². The van der Waals surface area contributed by atoms with Gasteiger partial charge in [-0.3, -0.25) is 4.79 Å². The number of nitrogens with zero attached hydrogens (tertiary/aromatic N) is 2. The third-order valence-corrected chi connectivity index (χ3v) is 3.24. The van der Waals surface area contributed by atoms with Gasteiger partial charge in [-0.25, -0.2) is 4.68 Å². The quantitative estimate of drug-likeness (QED) is 0.808. The number of halogens is 1. The molecule has 1 atom stereocenters. The highest BCUT2D eigenvalue weighted by Gasteiger charge is 2.15. The maximum absolute atomic E-state index is 11.9. The maximum Gasteiger partial charge on any atom is 0.287 e. The highest BCUT2D eigenvalue weighted by molar-refractivity contribution is 6.32. The fraction of sp³-hybridized carbons (Fsp3) is 0.538. The molecule has 1 unspecified atom stereocenters. The van der Waals surface area contributed by atoms with Gasteiger partial charge in [0.15, 0.2) is 0 Å². The molecule has 0 bridgehead atoms. The molecule has 0 radical (unpaired) electrons.